The summed E-state index contributed by atoms with van der Waals surface area (Å²) in [6.45, 7) is 7.71. The van der Waals surface area contributed by atoms with Gasteiger partial charge in [-0.15, -0.1) is 0 Å². The number of rotatable bonds is 5. The maximum atomic E-state index is 13.0. The first kappa shape index (κ1) is 20.3. The normalized spacial score (nSPS) is 26.0. The van der Waals surface area contributed by atoms with Gasteiger partial charge in [0.2, 0.25) is 5.91 Å². The Hall–Kier alpha value is -1.48. The molecule has 0 spiro atoms. The molecule has 1 aromatic carbocycles. The van der Waals surface area contributed by atoms with E-state index in [9.17, 15) is 13.2 Å². The predicted octanol–water partition coefficient (Wildman–Crippen LogP) is 1.47. The smallest absolute Gasteiger partial charge is 0.282 e. The van der Waals surface area contributed by atoms with E-state index in [1.54, 1.807) is 8.61 Å². The van der Waals surface area contributed by atoms with Crippen LogP contribution in [-0.2, 0) is 15.0 Å². The molecule has 2 unspecified atom stereocenters. The molecule has 0 aliphatic carbocycles. The third kappa shape index (κ3) is 5.28. The van der Waals surface area contributed by atoms with Gasteiger partial charge in [-0.1, -0.05) is 32.0 Å². The molecule has 2 fully saturated rings. The van der Waals surface area contributed by atoms with E-state index in [4.69, 9.17) is 0 Å². The summed E-state index contributed by atoms with van der Waals surface area (Å²) < 4.78 is 29.1. The highest BCUT2D eigenvalue weighted by atomic mass is 32.2. The number of para-hydroxylation sites is 1. The maximum Gasteiger partial charge on any atom is 0.282 e. The van der Waals surface area contributed by atoms with Crippen molar-refractivity contribution in [3.63, 3.8) is 0 Å². The molecule has 0 radical (unpaired) electrons. The van der Waals surface area contributed by atoms with Crippen molar-refractivity contribution in [2.24, 2.45) is 11.8 Å². The Labute approximate surface area is 162 Å². The second-order valence-electron chi connectivity index (χ2n) is 7.86. The lowest BCUT2D eigenvalue weighted by molar-refractivity contribution is -0.117. The van der Waals surface area contributed by atoms with E-state index in [1.165, 1.54) is 0 Å². The van der Waals surface area contributed by atoms with E-state index in [-0.39, 0.29) is 12.5 Å². The monoisotopic (exact) mass is 394 g/mol. The molecule has 7 nitrogen and oxygen atoms in total. The SMILES string of the molecule is CC1CC(C)CN(S(=O)(=O)N2CCN(CC(=O)Nc3ccccc3)CC2)C1. The number of nitrogens with one attached hydrogen (secondary N) is 1. The van der Waals surface area contributed by atoms with Crippen molar-refractivity contribution in [3.05, 3.63) is 30.3 Å². The van der Waals surface area contributed by atoms with Crippen LogP contribution in [0.4, 0.5) is 5.69 Å². The molecular weight excluding hydrogens is 364 g/mol. The number of hydrogen-bond acceptors (Lipinski definition) is 4. The van der Waals surface area contributed by atoms with Crippen LogP contribution >= 0.6 is 0 Å². The molecule has 8 heteroatoms. The average molecular weight is 395 g/mol. The van der Waals surface area contributed by atoms with E-state index in [0.717, 1.165) is 12.1 Å². The molecule has 2 aliphatic heterocycles. The Morgan fingerprint density at radius 3 is 2.19 bits per heavy atom. The zero-order valence-electron chi connectivity index (χ0n) is 16.2. The highest BCUT2D eigenvalue weighted by Gasteiger charge is 2.36. The van der Waals surface area contributed by atoms with Crippen molar-refractivity contribution in [2.45, 2.75) is 20.3 Å². The van der Waals surface area contributed by atoms with Crippen LogP contribution in [0.15, 0.2) is 30.3 Å². The Balaban J connectivity index is 1.50. The number of nitrogens with zero attached hydrogens (tertiary/aromatic N) is 3. The minimum absolute atomic E-state index is 0.0730. The first-order valence-electron chi connectivity index (χ1n) is 9.67. The Bertz CT molecular complexity index is 723. The number of piperidine rings is 1. The first-order chi connectivity index (χ1) is 12.8. The van der Waals surface area contributed by atoms with Crippen LogP contribution in [0, 0.1) is 11.8 Å². The average Bonchev–Trinajstić information content (AvgIpc) is 2.62. The van der Waals surface area contributed by atoms with Gasteiger partial charge in [0.15, 0.2) is 0 Å². The lowest BCUT2D eigenvalue weighted by Gasteiger charge is -2.40. The zero-order valence-corrected chi connectivity index (χ0v) is 17.0. The number of carbonyl (C=O) groups is 1. The summed E-state index contributed by atoms with van der Waals surface area (Å²) in [5.74, 6) is 0.717. The van der Waals surface area contributed by atoms with Gasteiger partial charge < -0.3 is 5.32 Å². The van der Waals surface area contributed by atoms with Gasteiger partial charge in [-0.3, -0.25) is 9.69 Å². The standard InChI is InChI=1S/C19H30N4O3S/c1-16-12-17(2)14-23(13-16)27(25,26)22-10-8-21(9-11-22)15-19(24)20-18-6-4-3-5-7-18/h3-7,16-17H,8-15H2,1-2H3,(H,20,24). The van der Waals surface area contributed by atoms with Crippen LogP contribution in [0.5, 0.6) is 0 Å². The molecule has 1 N–H and O–H groups in total. The van der Waals surface area contributed by atoms with Gasteiger partial charge >= 0.3 is 0 Å². The highest BCUT2D eigenvalue weighted by molar-refractivity contribution is 7.86. The molecule has 2 saturated heterocycles. The molecular formula is C19H30N4O3S. The topological polar surface area (TPSA) is 73.0 Å². The fourth-order valence-electron chi connectivity index (χ4n) is 4.00. The maximum absolute atomic E-state index is 13.0. The molecule has 0 aromatic heterocycles. The number of hydrogen-bond donors (Lipinski definition) is 1. The summed E-state index contributed by atoms with van der Waals surface area (Å²) in [7, 11) is -3.41. The quantitative estimate of drug-likeness (QED) is 0.821. The summed E-state index contributed by atoms with van der Waals surface area (Å²) in [5.41, 5.74) is 0.775. The van der Waals surface area contributed by atoms with Crippen LogP contribution in [0.2, 0.25) is 0 Å². The molecule has 1 aromatic rings. The zero-order chi connectivity index (χ0) is 19.4. The van der Waals surface area contributed by atoms with Gasteiger partial charge in [-0.2, -0.15) is 17.0 Å². The second-order valence-corrected chi connectivity index (χ2v) is 9.79. The molecule has 27 heavy (non-hydrogen) atoms. The van der Waals surface area contributed by atoms with Crippen LogP contribution in [-0.4, -0.2) is 73.6 Å². The van der Waals surface area contributed by atoms with Crippen molar-refractivity contribution in [3.8, 4) is 0 Å². The number of carbonyl (C=O) groups excluding carboxylic acids is 1. The van der Waals surface area contributed by atoms with Crippen LogP contribution < -0.4 is 5.32 Å². The molecule has 0 bridgehead atoms. The van der Waals surface area contributed by atoms with Crippen molar-refractivity contribution < 1.29 is 13.2 Å². The number of piperazine rings is 1. The third-order valence-corrected chi connectivity index (χ3v) is 7.21. The summed E-state index contributed by atoms with van der Waals surface area (Å²) in [4.78, 5) is 14.2. The van der Waals surface area contributed by atoms with Gasteiger partial charge in [-0.05, 0) is 30.4 Å². The lowest BCUT2D eigenvalue weighted by atomic mass is 9.94. The lowest BCUT2D eigenvalue weighted by Crippen LogP contribution is -2.56. The van der Waals surface area contributed by atoms with Crippen LogP contribution in [0.3, 0.4) is 0 Å². The Morgan fingerprint density at radius 2 is 1.59 bits per heavy atom. The molecule has 2 heterocycles. The fraction of sp³-hybridized carbons (Fsp3) is 0.632. The van der Waals surface area contributed by atoms with E-state index in [2.05, 4.69) is 19.2 Å². The molecule has 2 atom stereocenters. The van der Waals surface area contributed by atoms with Crippen LogP contribution in [0.25, 0.3) is 0 Å². The number of benzene rings is 1. The fourth-order valence-corrected chi connectivity index (χ4v) is 5.84. The summed E-state index contributed by atoms with van der Waals surface area (Å²) in [6.07, 6.45) is 1.08. The largest absolute Gasteiger partial charge is 0.325 e. The van der Waals surface area contributed by atoms with Crippen molar-refractivity contribution >= 4 is 21.8 Å². The van der Waals surface area contributed by atoms with Crippen LogP contribution in [0.1, 0.15) is 20.3 Å². The Kier molecular flexibility index (Phi) is 6.52. The number of anilines is 1. The van der Waals surface area contributed by atoms with E-state index in [0.29, 0.717) is 51.1 Å². The first-order valence-corrected chi connectivity index (χ1v) is 11.1. The molecule has 0 saturated carbocycles. The highest BCUT2D eigenvalue weighted by Crippen LogP contribution is 2.25. The van der Waals surface area contributed by atoms with E-state index in [1.807, 2.05) is 35.2 Å². The van der Waals surface area contributed by atoms with E-state index >= 15 is 0 Å². The van der Waals surface area contributed by atoms with Gasteiger partial charge in [0.1, 0.15) is 0 Å². The molecule has 1 amide bonds. The van der Waals surface area contributed by atoms with Gasteiger partial charge in [0.25, 0.3) is 10.2 Å². The summed E-state index contributed by atoms with van der Waals surface area (Å²) in [5, 5.41) is 2.87. The summed E-state index contributed by atoms with van der Waals surface area (Å²) in [6, 6.07) is 9.36. The predicted molar refractivity (Wildman–Crippen MR) is 107 cm³/mol. The van der Waals surface area contributed by atoms with Gasteiger partial charge in [0.05, 0.1) is 6.54 Å². The Morgan fingerprint density at radius 1 is 1.00 bits per heavy atom. The van der Waals surface area contributed by atoms with Gasteiger partial charge in [0, 0.05) is 45.0 Å². The minimum Gasteiger partial charge on any atom is -0.325 e. The molecule has 150 valence electrons. The second kappa shape index (κ2) is 8.68. The number of amides is 1. The molecule has 3 rings (SSSR count). The van der Waals surface area contributed by atoms with Crippen molar-refractivity contribution in [1.29, 1.82) is 0 Å². The van der Waals surface area contributed by atoms with E-state index < -0.39 is 10.2 Å². The summed E-state index contributed by atoms with van der Waals surface area (Å²) >= 11 is 0. The third-order valence-electron chi connectivity index (χ3n) is 5.24. The molecule has 2 aliphatic rings. The van der Waals surface area contributed by atoms with Crippen molar-refractivity contribution in [1.82, 2.24) is 13.5 Å². The van der Waals surface area contributed by atoms with Crippen molar-refractivity contribution in [2.75, 3.05) is 51.1 Å². The minimum atomic E-state index is -3.41. The van der Waals surface area contributed by atoms with Gasteiger partial charge in [-0.25, -0.2) is 0 Å².